The number of carbonyl (C=O) groups is 10. The molecule has 0 aromatic heterocycles. The van der Waals surface area contributed by atoms with Gasteiger partial charge in [-0.1, -0.05) is 66.2 Å². The van der Waals surface area contributed by atoms with Crippen molar-refractivity contribution in [3.05, 3.63) is 0 Å². The van der Waals surface area contributed by atoms with Crippen LogP contribution in [0.2, 0.25) is 0 Å². The highest BCUT2D eigenvalue weighted by Gasteiger charge is 2.27. The van der Waals surface area contributed by atoms with Gasteiger partial charge in [0.05, 0.1) is 0 Å². The molecule has 8 amide bonds. The molecule has 0 aliphatic heterocycles. The number of ketones is 2. The fourth-order valence-electron chi connectivity index (χ4n) is 6.89. The number of carbonyl (C=O) groups excluding carboxylic acids is 10. The van der Waals surface area contributed by atoms with Crippen LogP contribution in [0.1, 0.15) is 191 Å². The third-order valence-electron chi connectivity index (χ3n) is 12.2. The first kappa shape index (κ1) is 62.1. The van der Waals surface area contributed by atoms with Crippen molar-refractivity contribution in [2.45, 2.75) is 215 Å². The number of hydrogen-bond donors (Lipinski definition) is 8. The van der Waals surface area contributed by atoms with Crippen LogP contribution in [-0.2, 0) is 47.9 Å². The van der Waals surface area contributed by atoms with Crippen molar-refractivity contribution in [3.63, 3.8) is 0 Å². The highest BCUT2D eigenvalue weighted by atomic mass is 16.2. The third-order valence-corrected chi connectivity index (χ3v) is 12.2. The highest BCUT2D eigenvalue weighted by molar-refractivity contribution is 5.93. The second kappa shape index (κ2) is 34.4. The Labute approximate surface area is 400 Å². The van der Waals surface area contributed by atoms with Gasteiger partial charge in [0.1, 0.15) is 35.7 Å². The molecule has 0 fully saturated rings. The summed E-state index contributed by atoms with van der Waals surface area (Å²) in [7, 11) is 0. The number of amides is 8. The van der Waals surface area contributed by atoms with Crippen molar-refractivity contribution in [2.75, 3.05) is 26.2 Å². The molecule has 0 aliphatic rings. The predicted molar refractivity (Wildman–Crippen MR) is 259 cm³/mol. The second-order valence-corrected chi connectivity index (χ2v) is 19.3. The number of hydrogen-bond acceptors (Lipinski definition) is 10. The molecular formula is C49H88N8O10. The van der Waals surface area contributed by atoms with Crippen molar-refractivity contribution in [3.8, 4) is 0 Å². The molecule has 67 heavy (non-hydrogen) atoms. The molecule has 0 saturated heterocycles. The summed E-state index contributed by atoms with van der Waals surface area (Å²) in [5.41, 5.74) is -0.683. The van der Waals surface area contributed by atoms with E-state index in [1.807, 2.05) is 27.7 Å². The van der Waals surface area contributed by atoms with Crippen molar-refractivity contribution in [1.82, 2.24) is 42.5 Å². The lowest BCUT2D eigenvalue weighted by molar-refractivity contribution is -0.132. The standard InChI is InChI=1S/C49H88N8O10/c1-34(44(64)52-32-19-13-11-17-28-48(7,8)36(3)58)54-46(66)40(24-15-21-30-50-38(5)60)56-42(62)26-23-27-43(63)57-41(25-16-22-31-51-39(6)61)47(67)55-35(2)45(65)53-33-20-14-12-18-29-49(9,10)37(4)59/h34-35,40-41H,11-33H2,1-10H3,(H,50,60)(H,51,61)(H,52,64)(H,53,65)(H,54,66)(H,55,67)(H,56,62)(H,57,63). The van der Waals surface area contributed by atoms with Crippen LogP contribution in [0.3, 0.4) is 0 Å². The van der Waals surface area contributed by atoms with Gasteiger partial charge in [-0.25, -0.2) is 0 Å². The van der Waals surface area contributed by atoms with Crippen LogP contribution >= 0.6 is 0 Å². The van der Waals surface area contributed by atoms with Gasteiger partial charge in [-0.3, -0.25) is 47.9 Å². The smallest absolute Gasteiger partial charge is 0.243 e. The summed E-state index contributed by atoms with van der Waals surface area (Å²) in [6.45, 7) is 18.6. The molecule has 0 saturated carbocycles. The second-order valence-electron chi connectivity index (χ2n) is 19.3. The Morgan fingerprint density at radius 3 is 1.01 bits per heavy atom. The minimum Gasteiger partial charge on any atom is -0.356 e. The zero-order valence-corrected chi connectivity index (χ0v) is 42.7. The first-order chi connectivity index (χ1) is 31.4. The van der Waals surface area contributed by atoms with Crippen molar-refractivity contribution in [1.29, 1.82) is 0 Å². The molecule has 0 heterocycles. The quantitative estimate of drug-likeness (QED) is 0.0411. The third kappa shape index (κ3) is 30.9. The van der Waals surface area contributed by atoms with Crippen molar-refractivity contribution >= 4 is 58.8 Å². The summed E-state index contributed by atoms with van der Waals surface area (Å²) in [5, 5.41) is 21.9. The van der Waals surface area contributed by atoms with Crippen LogP contribution in [0.25, 0.3) is 0 Å². The number of Topliss-reactive ketones (excluding diaryl/α,β-unsaturated/α-hetero) is 2. The van der Waals surface area contributed by atoms with Crippen LogP contribution < -0.4 is 42.5 Å². The Morgan fingerprint density at radius 1 is 0.373 bits per heavy atom. The van der Waals surface area contributed by atoms with Gasteiger partial charge < -0.3 is 42.5 Å². The van der Waals surface area contributed by atoms with E-state index in [0.29, 0.717) is 51.9 Å². The molecule has 18 heteroatoms. The van der Waals surface area contributed by atoms with Crippen LogP contribution in [0.5, 0.6) is 0 Å². The van der Waals surface area contributed by atoms with Crippen LogP contribution in [0, 0.1) is 10.8 Å². The molecule has 4 atom stereocenters. The van der Waals surface area contributed by atoms with Crippen LogP contribution in [0.15, 0.2) is 0 Å². The van der Waals surface area contributed by atoms with Gasteiger partial charge in [0, 0.05) is 63.7 Å². The lowest BCUT2D eigenvalue weighted by atomic mass is 9.83. The Balaban J connectivity index is 5.24. The van der Waals surface area contributed by atoms with E-state index in [1.165, 1.54) is 13.8 Å². The molecule has 0 rings (SSSR count). The Kier molecular flexibility index (Phi) is 31.9. The van der Waals surface area contributed by atoms with Crippen LogP contribution in [0.4, 0.5) is 0 Å². The topological polar surface area (TPSA) is 267 Å². The Bertz CT molecular complexity index is 1490. The number of rotatable bonds is 38. The monoisotopic (exact) mass is 949 g/mol. The number of nitrogens with one attached hydrogen (secondary N) is 8. The molecule has 8 N–H and O–H groups in total. The zero-order valence-electron chi connectivity index (χ0n) is 42.7. The molecule has 0 bridgehead atoms. The molecule has 0 aromatic rings. The first-order valence-electron chi connectivity index (χ1n) is 24.7. The first-order valence-corrected chi connectivity index (χ1v) is 24.7. The van der Waals surface area contributed by atoms with Crippen LogP contribution in [-0.4, -0.2) is 109 Å². The van der Waals surface area contributed by atoms with E-state index in [1.54, 1.807) is 27.7 Å². The largest absolute Gasteiger partial charge is 0.356 e. The fourth-order valence-corrected chi connectivity index (χ4v) is 6.89. The molecule has 18 nitrogen and oxygen atoms in total. The lowest BCUT2D eigenvalue weighted by Crippen LogP contribution is -2.53. The molecule has 4 unspecified atom stereocenters. The fraction of sp³-hybridized carbons (Fsp3) is 0.796. The van der Waals surface area contributed by atoms with Gasteiger partial charge in [0.15, 0.2) is 0 Å². The summed E-state index contributed by atoms with van der Waals surface area (Å²) >= 11 is 0. The predicted octanol–water partition coefficient (Wildman–Crippen LogP) is 4.11. The van der Waals surface area contributed by atoms with E-state index in [0.717, 1.165) is 64.2 Å². The van der Waals surface area contributed by atoms with Crippen molar-refractivity contribution in [2.24, 2.45) is 10.8 Å². The summed E-state index contributed by atoms with van der Waals surface area (Å²) in [4.78, 5) is 125. The summed E-state index contributed by atoms with van der Waals surface area (Å²) < 4.78 is 0. The Hall–Kier alpha value is -4.90. The molecular weight excluding hydrogens is 861 g/mol. The molecule has 384 valence electrons. The van der Waals surface area contributed by atoms with E-state index in [4.69, 9.17) is 0 Å². The van der Waals surface area contributed by atoms with Gasteiger partial charge in [-0.15, -0.1) is 0 Å². The molecule has 0 aliphatic carbocycles. The summed E-state index contributed by atoms with van der Waals surface area (Å²) in [6.07, 6.45) is 11.0. The lowest BCUT2D eigenvalue weighted by Gasteiger charge is -2.22. The van der Waals surface area contributed by atoms with E-state index in [2.05, 4.69) is 42.5 Å². The maximum atomic E-state index is 13.4. The molecule has 0 spiro atoms. The van der Waals surface area contributed by atoms with E-state index in [-0.39, 0.29) is 78.1 Å². The zero-order chi connectivity index (χ0) is 51.0. The minimum absolute atomic E-state index is 0.103. The van der Waals surface area contributed by atoms with E-state index in [9.17, 15) is 47.9 Å². The highest BCUT2D eigenvalue weighted by Crippen LogP contribution is 2.25. The van der Waals surface area contributed by atoms with Gasteiger partial charge in [-0.05, 0) is 98.3 Å². The van der Waals surface area contributed by atoms with Gasteiger partial charge in [0.25, 0.3) is 0 Å². The van der Waals surface area contributed by atoms with Gasteiger partial charge in [-0.2, -0.15) is 0 Å². The van der Waals surface area contributed by atoms with Crippen molar-refractivity contribution < 1.29 is 47.9 Å². The average Bonchev–Trinajstić information content (AvgIpc) is 3.23. The Morgan fingerprint density at radius 2 is 0.687 bits per heavy atom. The number of unbranched alkanes of at least 4 members (excludes halogenated alkanes) is 8. The summed E-state index contributed by atoms with van der Waals surface area (Å²) in [6, 6.07) is -3.71. The molecule has 0 aromatic carbocycles. The summed E-state index contributed by atoms with van der Waals surface area (Å²) in [5.74, 6) is -2.82. The molecule has 0 radical (unpaired) electrons. The SMILES string of the molecule is CC(=O)NCCCCC(NC(=O)CCCC(=O)NC(CCCCNC(C)=O)C(=O)NC(C)C(=O)NCCCCCCC(C)(C)C(C)=O)C(=O)NC(C)C(=O)NCCCCCCC(C)(C)C(C)=O. The van der Waals surface area contributed by atoms with Gasteiger partial charge >= 0.3 is 0 Å². The maximum Gasteiger partial charge on any atom is 0.243 e. The van der Waals surface area contributed by atoms with E-state index >= 15 is 0 Å². The minimum atomic E-state index is -0.978. The van der Waals surface area contributed by atoms with E-state index < -0.39 is 47.8 Å². The maximum absolute atomic E-state index is 13.4. The normalized spacial score (nSPS) is 13.2. The average molecular weight is 949 g/mol. The van der Waals surface area contributed by atoms with Gasteiger partial charge in [0.2, 0.25) is 47.3 Å².